The Bertz CT molecular complexity index is 384. The molecule has 1 aliphatic rings. The summed E-state index contributed by atoms with van der Waals surface area (Å²) in [5.74, 6) is 0.965. The minimum absolute atomic E-state index is 0.620. The van der Waals surface area contributed by atoms with E-state index in [1.807, 2.05) is 6.07 Å². The zero-order chi connectivity index (χ0) is 11.4. The van der Waals surface area contributed by atoms with Gasteiger partial charge in [0.1, 0.15) is 12.4 Å². The van der Waals surface area contributed by atoms with Gasteiger partial charge < -0.3 is 10.1 Å². The quantitative estimate of drug-likeness (QED) is 0.780. The predicted octanol–water partition coefficient (Wildman–Crippen LogP) is 3.39. The van der Waals surface area contributed by atoms with Gasteiger partial charge in [-0.05, 0) is 36.5 Å². The number of fused-ring (bicyclic) bond motifs is 1. The van der Waals surface area contributed by atoms with Crippen LogP contribution in [0.3, 0.4) is 0 Å². The molecule has 1 aromatic rings. The van der Waals surface area contributed by atoms with Gasteiger partial charge in [0.05, 0.1) is 5.69 Å². The molecule has 1 heterocycles. The zero-order valence-corrected chi connectivity index (χ0v) is 9.88. The van der Waals surface area contributed by atoms with Gasteiger partial charge in [0.15, 0.2) is 0 Å². The Balaban J connectivity index is 2.11. The van der Waals surface area contributed by atoms with Crippen molar-refractivity contribution in [1.29, 1.82) is 0 Å². The van der Waals surface area contributed by atoms with Crippen molar-refractivity contribution < 1.29 is 4.74 Å². The normalized spacial score (nSPS) is 13.8. The Morgan fingerprint density at radius 2 is 2.38 bits per heavy atom. The minimum atomic E-state index is 0.620. The van der Waals surface area contributed by atoms with E-state index < -0.39 is 0 Å². The molecule has 0 saturated heterocycles. The van der Waals surface area contributed by atoms with E-state index in [1.54, 1.807) is 0 Å². The molecule has 0 aromatic heterocycles. The van der Waals surface area contributed by atoms with Crippen molar-refractivity contribution >= 4 is 5.69 Å². The van der Waals surface area contributed by atoms with Crippen LogP contribution in [0.1, 0.15) is 25.3 Å². The van der Waals surface area contributed by atoms with Crippen LogP contribution in [0.2, 0.25) is 0 Å². The van der Waals surface area contributed by atoms with Crippen LogP contribution in [-0.2, 0) is 6.42 Å². The van der Waals surface area contributed by atoms with Crippen LogP contribution < -0.4 is 10.1 Å². The summed E-state index contributed by atoms with van der Waals surface area (Å²) in [6, 6.07) is 6.26. The highest BCUT2D eigenvalue weighted by atomic mass is 16.5. The van der Waals surface area contributed by atoms with Crippen molar-refractivity contribution in [2.24, 2.45) is 0 Å². The van der Waals surface area contributed by atoms with E-state index in [0.717, 1.165) is 30.7 Å². The lowest BCUT2D eigenvalue weighted by molar-refractivity contribution is 0.350. The molecule has 1 N–H and O–H groups in total. The first-order valence-electron chi connectivity index (χ1n) is 5.96. The molecule has 1 aliphatic heterocycles. The summed E-state index contributed by atoms with van der Waals surface area (Å²) in [7, 11) is 0. The Hall–Kier alpha value is -1.44. The Morgan fingerprint density at radius 3 is 3.19 bits per heavy atom. The minimum Gasteiger partial charge on any atom is -0.487 e. The summed E-state index contributed by atoms with van der Waals surface area (Å²) in [6.45, 7) is 7.72. The third-order valence-corrected chi connectivity index (χ3v) is 2.97. The number of rotatable bonds is 4. The molecule has 16 heavy (non-hydrogen) atoms. The number of anilines is 1. The van der Waals surface area contributed by atoms with Crippen molar-refractivity contribution in [2.75, 3.05) is 18.5 Å². The third-order valence-electron chi connectivity index (χ3n) is 2.97. The average Bonchev–Trinajstić information content (AvgIpc) is 2.35. The molecule has 86 valence electrons. The van der Waals surface area contributed by atoms with Crippen LogP contribution >= 0.6 is 0 Å². The highest BCUT2D eigenvalue weighted by Gasteiger charge is 2.12. The second-order valence-electron chi connectivity index (χ2n) is 4.21. The van der Waals surface area contributed by atoms with E-state index in [9.17, 15) is 0 Å². The maximum absolute atomic E-state index is 5.80. The molecule has 2 rings (SSSR count). The molecule has 2 nitrogen and oxygen atoms in total. The maximum atomic E-state index is 5.80. The lowest BCUT2D eigenvalue weighted by Gasteiger charge is -2.21. The SMILES string of the molecule is C=C(CC)COc1cccc2c1NCCC2. The van der Waals surface area contributed by atoms with Gasteiger partial charge in [-0.25, -0.2) is 0 Å². The monoisotopic (exact) mass is 217 g/mol. The Kier molecular flexibility index (Phi) is 3.50. The number of ether oxygens (including phenoxy) is 1. The van der Waals surface area contributed by atoms with E-state index in [2.05, 4.69) is 31.0 Å². The molecule has 2 heteroatoms. The van der Waals surface area contributed by atoms with Gasteiger partial charge in [-0.2, -0.15) is 0 Å². The Labute approximate surface area is 97.3 Å². The number of hydrogen-bond donors (Lipinski definition) is 1. The number of aryl methyl sites for hydroxylation is 1. The molecule has 0 bridgehead atoms. The average molecular weight is 217 g/mol. The maximum Gasteiger partial charge on any atom is 0.143 e. The van der Waals surface area contributed by atoms with Gasteiger partial charge in [-0.3, -0.25) is 0 Å². The smallest absolute Gasteiger partial charge is 0.143 e. The molecule has 0 amide bonds. The van der Waals surface area contributed by atoms with Gasteiger partial charge in [-0.15, -0.1) is 0 Å². The zero-order valence-electron chi connectivity index (χ0n) is 9.88. The second-order valence-corrected chi connectivity index (χ2v) is 4.21. The van der Waals surface area contributed by atoms with Crippen LogP contribution in [0.4, 0.5) is 5.69 Å². The van der Waals surface area contributed by atoms with E-state index in [0.29, 0.717) is 6.61 Å². The van der Waals surface area contributed by atoms with Crippen LogP contribution in [-0.4, -0.2) is 13.2 Å². The van der Waals surface area contributed by atoms with Gasteiger partial charge >= 0.3 is 0 Å². The van der Waals surface area contributed by atoms with E-state index in [4.69, 9.17) is 4.74 Å². The molecule has 0 spiro atoms. The van der Waals surface area contributed by atoms with Gasteiger partial charge in [0, 0.05) is 6.54 Å². The Morgan fingerprint density at radius 1 is 1.50 bits per heavy atom. The van der Waals surface area contributed by atoms with Crippen molar-refractivity contribution in [2.45, 2.75) is 26.2 Å². The summed E-state index contributed by atoms with van der Waals surface area (Å²) >= 11 is 0. The fourth-order valence-electron chi connectivity index (χ4n) is 1.88. The summed E-state index contributed by atoms with van der Waals surface area (Å²) in [5.41, 5.74) is 3.68. The van der Waals surface area contributed by atoms with Crippen LogP contribution in [0.5, 0.6) is 5.75 Å². The fraction of sp³-hybridized carbons (Fsp3) is 0.429. The lowest BCUT2D eigenvalue weighted by Crippen LogP contribution is -2.13. The number of hydrogen-bond acceptors (Lipinski definition) is 2. The van der Waals surface area contributed by atoms with Gasteiger partial charge in [0.2, 0.25) is 0 Å². The third kappa shape index (κ3) is 2.38. The number of benzene rings is 1. The van der Waals surface area contributed by atoms with Crippen LogP contribution in [0, 0.1) is 0 Å². The first kappa shape index (κ1) is 11.1. The molecule has 0 atom stereocenters. The summed E-state index contributed by atoms with van der Waals surface area (Å²) in [5, 5.41) is 3.42. The molecule has 0 unspecified atom stereocenters. The number of para-hydroxylation sites is 1. The van der Waals surface area contributed by atoms with Crippen molar-refractivity contribution in [3.63, 3.8) is 0 Å². The first-order chi connectivity index (χ1) is 7.81. The van der Waals surface area contributed by atoms with Gasteiger partial charge in [0.25, 0.3) is 0 Å². The summed E-state index contributed by atoms with van der Waals surface area (Å²) in [4.78, 5) is 0. The molecule has 0 saturated carbocycles. The summed E-state index contributed by atoms with van der Waals surface area (Å²) in [6.07, 6.45) is 3.33. The standard InChI is InChI=1S/C14H19NO/c1-3-11(2)10-16-13-8-4-6-12-7-5-9-15-14(12)13/h4,6,8,15H,2-3,5,7,9-10H2,1H3. The van der Waals surface area contributed by atoms with E-state index in [-0.39, 0.29) is 0 Å². The van der Waals surface area contributed by atoms with Crippen LogP contribution in [0.15, 0.2) is 30.4 Å². The van der Waals surface area contributed by atoms with Crippen molar-refractivity contribution in [1.82, 2.24) is 0 Å². The van der Waals surface area contributed by atoms with Crippen molar-refractivity contribution in [3.8, 4) is 5.75 Å². The molecule has 0 radical (unpaired) electrons. The number of nitrogens with one attached hydrogen (secondary N) is 1. The first-order valence-corrected chi connectivity index (χ1v) is 5.96. The molecule has 0 fully saturated rings. The molecular formula is C14H19NO. The highest BCUT2D eigenvalue weighted by Crippen LogP contribution is 2.32. The highest BCUT2D eigenvalue weighted by molar-refractivity contribution is 5.63. The van der Waals surface area contributed by atoms with E-state index in [1.165, 1.54) is 17.7 Å². The van der Waals surface area contributed by atoms with Gasteiger partial charge in [-0.1, -0.05) is 25.6 Å². The second kappa shape index (κ2) is 5.06. The van der Waals surface area contributed by atoms with E-state index >= 15 is 0 Å². The molecule has 1 aromatic carbocycles. The van der Waals surface area contributed by atoms with Crippen molar-refractivity contribution in [3.05, 3.63) is 35.9 Å². The molecular weight excluding hydrogens is 198 g/mol. The topological polar surface area (TPSA) is 21.3 Å². The largest absolute Gasteiger partial charge is 0.487 e. The van der Waals surface area contributed by atoms with Crippen LogP contribution in [0.25, 0.3) is 0 Å². The predicted molar refractivity (Wildman–Crippen MR) is 68.2 cm³/mol. The summed E-state index contributed by atoms with van der Waals surface area (Å²) < 4.78 is 5.80. The lowest BCUT2D eigenvalue weighted by atomic mass is 10.0. The fourth-order valence-corrected chi connectivity index (χ4v) is 1.88. The molecule has 0 aliphatic carbocycles.